The predicted octanol–water partition coefficient (Wildman–Crippen LogP) is 1.39. The van der Waals surface area contributed by atoms with Gasteiger partial charge in [-0.15, -0.1) is 0 Å². The van der Waals surface area contributed by atoms with Crippen molar-refractivity contribution in [2.45, 2.75) is 6.61 Å². The standard InChI is InChI=1S/C12H16O5/c1-14-10-5-4-9(6-11(10)15-2)7-17-8-12(13)16-3/h4-6H,7-8H2,1-3H3. The predicted molar refractivity (Wildman–Crippen MR) is 61.2 cm³/mol. The zero-order valence-electron chi connectivity index (χ0n) is 10.2. The highest BCUT2D eigenvalue weighted by Crippen LogP contribution is 2.27. The lowest BCUT2D eigenvalue weighted by molar-refractivity contribution is -0.146. The Morgan fingerprint density at radius 3 is 2.41 bits per heavy atom. The van der Waals surface area contributed by atoms with Crippen LogP contribution >= 0.6 is 0 Å². The van der Waals surface area contributed by atoms with E-state index in [4.69, 9.17) is 14.2 Å². The Morgan fingerprint density at radius 2 is 1.82 bits per heavy atom. The molecule has 0 atom stereocenters. The molecule has 0 spiro atoms. The van der Waals surface area contributed by atoms with Crippen LogP contribution in [-0.4, -0.2) is 33.9 Å². The van der Waals surface area contributed by atoms with Gasteiger partial charge in [0.05, 0.1) is 27.9 Å². The minimum atomic E-state index is -0.398. The number of benzene rings is 1. The van der Waals surface area contributed by atoms with Crippen molar-refractivity contribution >= 4 is 5.97 Å². The van der Waals surface area contributed by atoms with E-state index in [0.29, 0.717) is 18.1 Å². The highest BCUT2D eigenvalue weighted by Gasteiger charge is 2.05. The Kier molecular flexibility index (Phi) is 5.29. The van der Waals surface area contributed by atoms with Gasteiger partial charge in [-0.3, -0.25) is 0 Å². The summed E-state index contributed by atoms with van der Waals surface area (Å²) in [5.41, 5.74) is 0.895. The molecule has 0 aromatic heterocycles. The van der Waals surface area contributed by atoms with Crippen LogP contribution in [0.2, 0.25) is 0 Å². The van der Waals surface area contributed by atoms with Gasteiger partial charge in [-0.2, -0.15) is 0 Å². The fourth-order valence-electron chi connectivity index (χ4n) is 1.28. The fourth-order valence-corrected chi connectivity index (χ4v) is 1.28. The van der Waals surface area contributed by atoms with Crippen molar-refractivity contribution in [3.63, 3.8) is 0 Å². The molecule has 1 aromatic rings. The molecule has 0 saturated carbocycles. The molecule has 17 heavy (non-hydrogen) atoms. The maximum Gasteiger partial charge on any atom is 0.331 e. The summed E-state index contributed by atoms with van der Waals surface area (Å²) in [5.74, 6) is 0.890. The van der Waals surface area contributed by atoms with Crippen LogP contribution in [0.1, 0.15) is 5.56 Å². The molecular formula is C12H16O5. The number of methoxy groups -OCH3 is 3. The summed E-state index contributed by atoms with van der Waals surface area (Å²) in [4.78, 5) is 10.8. The van der Waals surface area contributed by atoms with E-state index >= 15 is 0 Å². The van der Waals surface area contributed by atoms with Crippen molar-refractivity contribution in [1.29, 1.82) is 0 Å². The number of carbonyl (C=O) groups excluding carboxylic acids is 1. The van der Waals surface area contributed by atoms with Crippen molar-refractivity contribution < 1.29 is 23.7 Å². The molecule has 1 rings (SSSR count). The third kappa shape index (κ3) is 3.96. The molecule has 0 aliphatic carbocycles. The fraction of sp³-hybridized carbons (Fsp3) is 0.417. The molecule has 0 bridgehead atoms. The lowest BCUT2D eigenvalue weighted by atomic mass is 10.2. The van der Waals surface area contributed by atoms with E-state index in [1.807, 2.05) is 6.07 Å². The van der Waals surface area contributed by atoms with Crippen molar-refractivity contribution in [3.05, 3.63) is 23.8 Å². The van der Waals surface area contributed by atoms with E-state index in [1.165, 1.54) is 7.11 Å². The summed E-state index contributed by atoms with van der Waals surface area (Å²) in [6, 6.07) is 5.43. The minimum absolute atomic E-state index is 0.0646. The van der Waals surface area contributed by atoms with E-state index in [0.717, 1.165) is 5.56 Å². The molecule has 0 heterocycles. The molecule has 0 N–H and O–H groups in total. The highest BCUT2D eigenvalue weighted by molar-refractivity contribution is 5.70. The first-order valence-electron chi connectivity index (χ1n) is 5.06. The van der Waals surface area contributed by atoms with Crippen molar-refractivity contribution in [3.8, 4) is 11.5 Å². The van der Waals surface area contributed by atoms with Gasteiger partial charge in [0, 0.05) is 0 Å². The second-order valence-electron chi connectivity index (χ2n) is 3.26. The quantitative estimate of drug-likeness (QED) is 0.703. The number of esters is 1. The van der Waals surface area contributed by atoms with Gasteiger partial charge in [0.25, 0.3) is 0 Å². The number of ether oxygens (including phenoxy) is 4. The Morgan fingerprint density at radius 1 is 1.12 bits per heavy atom. The molecule has 0 radical (unpaired) electrons. The van der Waals surface area contributed by atoms with Crippen LogP contribution in [0.3, 0.4) is 0 Å². The molecule has 0 saturated heterocycles. The largest absolute Gasteiger partial charge is 0.493 e. The van der Waals surface area contributed by atoms with Crippen LogP contribution in [-0.2, 0) is 20.9 Å². The van der Waals surface area contributed by atoms with Crippen LogP contribution in [0.15, 0.2) is 18.2 Å². The Hall–Kier alpha value is -1.75. The van der Waals surface area contributed by atoms with Gasteiger partial charge in [0.2, 0.25) is 0 Å². The van der Waals surface area contributed by atoms with Crippen LogP contribution < -0.4 is 9.47 Å². The van der Waals surface area contributed by atoms with Crippen LogP contribution in [0.4, 0.5) is 0 Å². The maximum absolute atomic E-state index is 10.8. The summed E-state index contributed by atoms with van der Waals surface area (Å²) in [6.07, 6.45) is 0. The van der Waals surface area contributed by atoms with Gasteiger partial charge in [0.1, 0.15) is 6.61 Å². The molecule has 94 valence electrons. The topological polar surface area (TPSA) is 54.0 Å². The number of rotatable bonds is 6. The first kappa shape index (κ1) is 13.3. The lowest BCUT2D eigenvalue weighted by Gasteiger charge is -2.09. The van der Waals surface area contributed by atoms with Gasteiger partial charge < -0.3 is 18.9 Å². The second kappa shape index (κ2) is 6.75. The zero-order valence-corrected chi connectivity index (χ0v) is 10.2. The summed E-state index contributed by atoms with van der Waals surface area (Å²) in [6.45, 7) is 0.250. The van der Waals surface area contributed by atoms with Gasteiger partial charge in [-0.05, 0) is 17.7 Å². The van der Waals surface area contributed by atoms with Gasteiger partial charge in [-0.1, -0.05) is 6.07 Å². The average Bonchev–Trinajstić information content (AvgIpc) is 2.38. The molecule has 0 amide bonds. The normalized spacial score (nSPS) is 9.82. The maximum atomic E-state index is 10.8. The third-order valence-electron chi connectivity index (χ3n) is 2.16. The molecular weight excluding hydrogens is 224 g/mol. The molecule has 5 nitrogen and oxygen atoms in total. The smallest absolute Gasteiger partial charge is 0.331 e. The zero-order chi connectivity index (χ0) is 12.7. The Bertz CT molecular complexity index is 375. The monoisotopic (exact) mass is 240 g/mol. The van der Waals surface area contributed by atoms with Crippen molar-refractivity contribution in [2.24, 2.45) is 0 Å². The summed E-state index contributed by atoms with van der Waals surface area (Å²) in [7, 11) is 4.46. The number of carbonyl (C=O) groups is 1. The summed E-state index contributed by atoms with van der Waals surface area (Å²) < 4.78 is 19.9. The molecule has 5 heteroatoms. The molecule has 0 aliphatic rings. The highest BCUT2D eigenvalue weighted by atomic mass is 16.6. The number of hydrogen-bond donors (Lipinski definition) is 0. The second-order valence-corrected chi connectivity index (χ2v) is 3.26. The lowest BCUT2D eigenvalue weighted by Crippen LogP contribution is -2.10. The first-order valence-corrected chi connectivity index (χ1v) is 5.06. The average molecular weight is 240 g/mol. The van der Waals surface area contributed by atoms with Crippen molar-refractivity contribution in [1.82, 2.24) is 0 Å². The number of hydrogen-bond acceptors (Lipinski definition) is 5. The van der Waals surface area contributed by atoms with Gasteiger partial charge in [0.15, 0.2) is 11.5 Å². The van der Waals surface area contributed by atoms with Gasteiger partial charge in [-0.25, -0.2) is 4.79 Å². The molecule has 0 aliphatic heterocycles. The van der Waals surface area contributed by atoms with Crippen molar-refractivity contribution in [2.75, 3.05) is 27.9 Å². The van der Waals surface area contributed by atoms with E-state index in [-0.39, 0.29) is 6.61 Å². The molecule has 0 fully saturated rings. The van der Waals surface area contributed by atoms with E-state index in [2.05, 4.69) is 4.74 Å². The minimum Gasteiger partial charge on any atom is -0.493 e. The van der Waals surface area contributed by atoms with E-state index < -0.39 is 5.97 Å². The van der Waals surface area contributed by atoms with Gasteiger partial charge >= 0.3 is 5.97 Å². The Balaban J connectivity index is 2.57. The first-order chi connectivity index (χ1) is 8.21. The third-order valence-corrected chi connectivity index (χ3v) is 2.16. The summed E-state index contributed by atoms with van der Waals surface area (Å²) >= 11 is 0. The molecule has 0 unspecified atom stereocenters. The van der Waals surface area contributed by atoms with Crippen LogP contribution in [0, 0.1) is 0 Å². The van der Waals surface area contributed by atoms with Crippen LogP contribution in [0.5, 0.6) is 11.5 Å². The van der Waals surface area contributed by atoms with Crippen LogP contribution in [0.25, 0.3) is 0 Å². The summed E-state index contributed by atoms with van der Waals surface area (Å²) in [5, 5.41) is 0. The van der Waals surface area contributed by atoms with E-state index in [9.17, 15) is 4.79 Å². The Labute approximate surface area is 100 Å². The SMILES string of the molecule is COC(=O)COCc1ccc(OC)c(OC)c1. The van der Waals surface area contributed by atoms with E-state index in [1.54, 1.807) is 26.4 Å². The molecule has 1 aromatic carbocycles.